The van der Waals surface area contributed by atoms with Crippen molar-refractivity contribution in [1.82, 2.24) is 4.90 Å². The number of carbonyl (C=O) groups is 4. The number of imide groups is 4. The second-order valence-corrected chi connectivity index (χ2v) is 8.84. The van der Waals surface area contributed by atoms with Crippen LogP contribution in [-0.2, 0) is 16.0 Å². The number of ether oxygens (including phenoxy) is 2. The van der Waals surface area contributed by atoms with Crippen LogP contribution in [0.1, 0.15) is 29.8 Å². The number of hydrogen-bond acceptors (Lipinski definition) is 6. The number of urea groups is 1. The van der Waals surface area contributed by atoms with Gasteiger partial charge < -0.3 is 9.47 Å². The van der Waals surface area contributed by atoms with Crippen molar-refractivity contribution in [2.45, 2.75) is 25.9 Å². The van der Waals surface area contributed by atoms with Crippen LogP contribution in [0.3, 0.4) is 0 Å². The molecule has 2 aliphatic heterocycles. The molecule has 5 rings (SSSR count). The highest BCUT2D eigenvalue weighted by Crippen LogP contribution is 2.43. The first-order chi connectivity index (χ1) is 17.1. The molecule has 0 saturated carbocycles. The van der Waals surface area contributed by atoms with Crippen LogP contribution in [0.2, 0.25) is 0 Å². The summed E-state index contributed by atoms with van der Waals surface area (Å²) in [4.78, 5) is 50.8. The lowest BCUT2D eigenvalue weighted by atomic mass is 10.0. The largest absolute Gasteiger partial charge is 0.483 e. The van der Waals surface area contributed by atoms with Gasteiger partial charge in [0.2, 0.25) is 0 Å². The smallest absolute Gasteiger partial charge is 0.346 e. The van der Waals surface area contributed by atoms with Crippen LogP contribution >= 0.6 is 0 Å². The van der Waals surface area contributed by atoms with Gasteiger partial charge in [0.1, 0.15) is 28.5 Å². The van der Waals surface area contributed by atoms with Crippen molar-refractivity contribution in [3.8, 4) is 17.2 Å². The number of amides is 5. The fraction of sp³-hybridized carbons (Fsp3) is 0.154. The Bertz CT molecular complexity index is 1430. The Morgan fingerprint density at radius 3 is 2.22 bits per heavy atom. The van der Waals surface area contributed by atoms with Crippen LogP contribution in [0.25, 0.3) is 0 Å². The van der Waals surface area contributed by atoms with Gasteiger partial charge in [-0.25, -0.2) is 18.5 Å². The molecule has 3 aromatic rings. The van der Waals surface area contributed by atoms with Gasteiger partial charge >= 0.3 is 17.8 Å². The third kappa shape index (κ3) is 3.76. The molecule has 0 radical (unpaired) electrons. The van der Waals surface area contributed by atoms with Crippen LogP contribution in [0.4, 0.5) is 19.3 Å². The zero-order chi connectivity index (χ0) is 25.8. The second kappa shape index (κ2) is 8.26. The molecule has 0 N–H and O–H groups in total. The minimum Gasteiger partial charge on any atom is -0.483 e. The normalized spacial score (nSPS) is 16.3. The summed E-state index contributed by atoms with van der Waals surface area (Å²) >= 11 is 0. The second-order valence-electron chi connectivity index (χ2n) is 8.84. The lowest BCUT2D eigenvalue weighted by Crippen LogP contribution is -2.39. The molecule has 1 fully saturated rings. The van der Waals surface area contributed by atoms with E-state index >= 15 is 0 Å². The van der Waals surface area contributed by atoms with Crippen molar-refractivity contribution in [3.05, 3.63) is 83.4 Å². The Kier molecular flexibility index (Phi) is 5.31. The zero-order valence-corrected chi connectivity index (χ0v) is 19.1. The quantitative estimate of drug-likeness (QED) is 0.300. The zero-order valence-electron chi connectivity index (χ0n) is 19.1. The topological polar surface area (TPSA) is 93.2 Å². The number of nitrogens with zero attached hydrogens (tertiary/aromatic N) is 2. The molecule has 10 heteroatoms. The maximum atomic E-state index is 14.0. The van der Waals surface area contributed by atoms with Crippen molar-refractivity contribution in [2.75, 3.05) is 4.90 Å². The van der Waals surface area contributed by atoms with E-state index in [1.165, 1.54) is 24.3 Å². The molecule has 0 aliphatic carbocycles. The van der Waals surface area contributed by atoms with E-state index in [0.717, 1.165) is 30.2 Å². The first-order valence-electron chi connectivity index (χ1n) is 10.9. The van der Waals surface area contributed by atoms with E-state index in [4.69, 9.17) is 9.47 Å². The Balaban J connectivity index is 1.39. The molecule has 3 aromatic carbocycles. The molecular weight excluding hydrogens is 474 g/mol. The fourth-order valence-corrected chi connectivity index (χ4v) is 4.14. The van der Waals surface area contributed by atoms with Crippen molar-refractivity contribution < 1.29 is 37.4 Å². The molecule has 0 spiro atoms. The Hall–Kier alpha value is -4.60. The maximum Gasteiger partial charge on any atom is 0.346 e. The van der Waals surface area contributed by atoms with Gasteiger partial charge in [0.25, 0.3) is 5.91 Å². The molecule has 0 aromatic heterocycles. The molecule has 0 atom stereocenters. The molecular formula is C26H18F2N2O6. The van der Waals surface area contributed by atoms with E-state index in [1.54, 1.807) is 6.07 Å². The van der Waals surface area contributed by atoms with Gasteiger partial charge in [-0.05, 0) is 56.3 Å². The predicted molar refractivity (Wildman–Crippen MR) is 122 cm³/mol. The minimum atomic E-state index is -1.57. The summed E-state index contributed by atoms with van der Waals surface area (Å²) in [5.74, 6) is -5.51. The lowest BCUT2D eigenvalue weighted by Gasteiger charge is -2.18. The third-order valence-corrected chi connectivity index (χ3v) is 5.73. The Morgan fingerprint density at radius 1 is 0.917 bits per heavy atom. The highest BCUT2D eigenvalue weighted by molar-refractivity contribution is 6.56. The summed E-state index contributed by atoms with van der Waals surface area (Å²) in [6.45, 7) is 3.93. The van der Waals surface area contributed by atoms with Gasteiger partial charge in [0.05, 0.1) is 5.69 Å². The average Bonchev–Trinajstić information content (AvgIpc) is 3.26. The summed E-state index contributed by atoms with van der Waals surface area (Å²) in [7, 11) is 0. The summed E-state index contributed by atoms with van der Waals surface area (Å²) in [6.07, 6.45) is 0.720. The van der Waals surface area contributed by atoms with Gasteiger partial charge in [0, 0.05) is 12.0 Å². The monoisotopic (exact) mass is 492 g/mol. The van der Waals surface area contributed by atoms with E-state index in [0.29, 0.717) is 22.1 Å². The van der Waals surface area contributed by atoms with E-state index in [9.17, 15) is 28.0 Å². The number of carbonyl (C=O) groups excluding carboxylic acids is 4. The van der Waals surface area contributed by atoms with Crippen LogP contribution in [0.5, 0.6) is 17.2 Å². The molecule has 5 amide bonds. The van der Waals surface area contributed by atoms with Crippen LogP contribution in [0, 0.1) is 11.6 Å². The summed E-state index contributed by atoms with van der Waals surface area (Å²) < 4.78 is 40.0. The Morgan fingerprint density at radius 2 is 1.56 bits per heavy atom. The number of benzene rings is 3. The van der Waals surface area contributed by atoms with E-state index < -0.39 is 41.0 Å². The van der Waals surface area contributed by atoms with Crippen LogP contribution in [-0.4, -0.2) is 34.3 Å². The molecule has 2 aliphatic rings. The fourth-order valence-electron chi connectivity index (χ4n) is 4.14. The van der Waals surface area contributed by atoms with E-state index in [2.05, 4.69) is 0 Å². The molecule has 0 bridgehead atoms. The van der Waals surface area contributed by atoms with Crippen LogP contribution in [0.15, 0.2) is 60.7 Å². The van der Waals surface area contributed by atoms with Gasteiger partial charge in [-0.3, -0.25) is 14.4 Å². The first-order valence-corrected chi connectivity index (χ1v) is 10.9. The van der Waals surface area contributed by atoms with Gasteiger partial charge in [-0.15, -0.1) is 0 Å². The third-order valence-electron chi connectivity index (χ3n) is 5.73. The minimum absolute atomic E-state index is 0.0364. The molecule has 2 heterocycles. The summed E-state index contributed by atoms with van der Waals surface area (Å²) in [5, 5.41) is 0. The van der Waals surface area contributed by atoms with Crippen molar-refractivity contribution in [3.63, 3.8) is 0 Å². The van der Waals surface area contributed by atoms with Crippen molar-refractivity contribution in [1.29, 1.82) is 0 Å². The average molecular weight is 492 g/mol. The highest BCUT2D eigenvalue weighted by Gasteiger charge is 2.50. The number of rotatable bonds is 4. The highest BCUT2D eigenvalue weighted by atomic mass is 19.1. The lowest BCUT2D eigenvalue weighted by molar-refractivity contribution is -0.138. The van der Waals surface area contributed by atoms with Gasteiger partial charge in [-0.1, -0.05) is 18.2 Å². The number of para-hydroxylation sites is 1. The number of anilines is 1. The van der Waals surface area contributed by atoms with Gasteiger partial charge in [0.15, 0.2) is 11.5 Å². The standard InChI is InChI=1S/C26H18F2N2O6/c1-26(2)13-14-5-3-8-19(21(14)36-26)35-16-11-9-15(10-12-16)29-23(32)24(33)30(25(29)34)22(31)20-17(27)6-4-7-18(20)28/h3-12H,13H2,1-2H3. The van der Waals surface area contributed by atoms with E-state index in [1.807, 2.05) is 26.0 Å². The molecule has 36 heavy (non-hydrogen) atoms. The maximum absolute atomic E-state index is 14.0. The number of hydrogen-bond donors (Lipinski definition) is 0. The Labute approximate surface area is 203 Å². The van der Waals surface area contributed by atoms with Gasteiger partial charge in [-0.2, -0.15) is 4.90 Å². The number of fused-ring (bicyclic) bond motifs is 1. The van der Waals surface area contributed by atoms with Crippen molar-refractivity contribution in [2.24, 2.45) is 0 Å². The first kappa shape index (κ1) is 23.2. The summed E-state index contributed by atoms with van der Waals surface area (Å²) in [6, 6.07) is 12.4. The summed E-state index contributed by atoms with van der Waals surface area (Å²) in [5.41, 5.74) is -0.523. The molecule has 182 valence electrons. The number of halogens is 2. The van der Waals surface area contributed by atoms with Crippen molar-refractivity contribution >= 4 is 29.4 Å². The predicted octanol–water partition coefficient (Wildman–Crippen LogP) is 4.61. The molecule has 8 nitrogen and oxygen atoms in total. The molecule has 0 unspecified atom stereocenters. The van der Waals surface area contributed by atoms with Crippen LogP contribution < -0.4 is 14.4 Å². The van der Waals surface area contributed by atoms with E-state index in [-0.39, 0.29) is 16.2 Å². The molecule has 1 saturated heterocycles. The SMILES string of the molecule is CC1(C)Cc2cccc(Oc3ccc(N4C(=O)C(=O)N(C(=O)c5c(F)cccc5F)C4=O)cc3)c2O1.